The van der Waals surface area contributed by atoms with Gasteiger partial charge < -0.3 is 59.1 Å². The van der Waals surface area contributed by atoms with E-state index in [4.69, 9.17) is 22.9 Å². The molecule has 2 aliphatic heterocycles. The van der Waals surface area contributed by atoms with Gasteiger partial charge in [0.2, 0.25) is 35.4 Å². The van der Waals surface area contributed by atoms with E-state index < -0.39 is 72.2 Å². The van der Waals surface area contributed by atoms with E-state index in [1.165, 1.54) is 10.5 Å². The smallest absolute Gasteiger partial charge is 0.246 e. The van der Waals surface area contributed by atoms with Gasteiger partial charge in [0.05, 0.1) is 12.6 Å². The maximum Gasteiger partial charge on any atom is 0.246 e. The fraction of sp³-hybridized carbons (Fsp3) is 0.473. The van der Waals surface area contributed by atoms with Crippen molar-refractivity contribution in [1.29, 1.82) is 0 Å². The van der Waals surface area contributed by atoms with Crippen molar-refractivity contribution in [3.8, 4) is 5.75 Å². The van der Waals surface area contributed by atoms with E-state index in [0.717, 1.165) is 70.9 Å². The van der Waals surface area contributed by atoms with Gasteiger partial charge in [-0.3, -0.25) is 33.8 Å². The lowest BCUT2D eigenvalue weighted by atomic mass is 9.90. The van der Waals surface area contributed by atoms with Crippen molar-refractivity contribution in [1.82, 2.24) is 31.1 Å². The number of nitrogens with two attached hydrogens (primary N) is 4. The number of phenols is 1. The van der Waals surface area contributed by atoms with Crippen LogP contribution in [0.5, 0.6) is 5.75 Å². The average molecular weight is 1000 g/mol. The molecular formula is C55H75N11O7. The predicted molar refractivity (Wildman–Crippen MR) is 283 cm³/mol. The molecule has 6 rings (SSSR count). The van der Waals surface area contributed by atoms with Crippen LogP contribution < -0.4 is 44.2 Å². The Morgan fingerprint density at radius 3 is 2.14 bits per heavy atom. The van der Waals surface area contributed by atoms with E-state index in [-0.39, 0.29) is 56.4 Å². The molecule has 2 aliphatic rings. The number of phenolic OH excluding ortho intramolecular Hbond substituents is 1. The number of aromatic hydroxyl groups is 1. The number of hydrogen-bond donors (Lipinski definition) is 9. The van der Waals surface area contributed by atoms with Crippen LogP contribution in [-0.4, -0.2) is 119 Å². The summed E-state index contributed by atoms with van der Waals surface area (Å²) in [5, 5.41) is 23.2. The van der Waals surface area contributed by atoms with Gasteiger partial charge in [0.1, 0.15) is 29.9 Å². The molecule has 0 spiro atoms. The Balaban J connectivity index is 1.19. The number of aryl methyl sites for hydroxylation is 2. The minimum absolute atomic E-state index is 0.0244. The van der Waals surface area contributed by atoms with Crippen molar-refractivity contribution in [2.24, 2.45) is 39.8 Å². The standard InChI is InChI=1S/C55H75N11O7/c1-33(2)49(50(57)69)64-53(72)45(17-11-23-65-24-20-37(21-25-65)28-36-12-6-5-7-13-36)61-48(68)32-66-31-39-19-18-38-14-8-9-15-41(38)43(39)30-47(54(66)73)63-52(71)46(16-10-22-60-55(58)59)62-51(70)44(56)29-42-34(3)26-40(67)27-35(42)4/h5-9,12-15,18-19,26-27,33,37,44-47,49,67H,10-11,16-17,20-25,28-32,56H2,1-4H3,(H2,57,69)(H,61,68)(H,62,70)(H,63,71)(H,64,72)(H4,58,59,60)/t44-,45-,46+,47-,49-/m0/s1. The summed E-state index contributed by atoms with van der Waals surface area (Å²) in [6.07, 6.45) is 4.58. The molecule has 4 aromatic carbocycles. The second-order valence-electron chi connectivity index (χ2n) is 20.1. The van der Waals surface area contributed by atoms with Gasteiger partial charge in [0.15, 0.2) is 5.96 Å². The molecule has 2 heterocycles. The van der Waals surface area contributed by atoms with Gasteiger partial charge in [0.25, 0.3) is 0 Å². The van der Waals surface area contributed by atoms with Gasteiger partial charge in [-0.15, -0.1) is 0 Å². The van der Waals surface area contributed by atoms with Crippen LogP contribution in [0.15, 0.2) is 83.9 Å². The molecule has 73 heavy (non-hydrogen) atoms. The van der Waals surface area contributed by atoms with E-state index in [9.17, 15) is 33.9 Å². The first-order chi connectivity index (χ1) is 34.9. The third kappa shape index (κ3) is 15.7. The molecule has 392 valence electrons. The first-order valence-corrected chi connectivity index (χ1v) is 25.5. The summed E-state index contributed by atoms with van der Waals surface area (Å²) in [5.74, 6) is -3.42. The summed E-state index contributed by atoms with van der Waals surface area (Å²) in [5.41, 5.74) is 28.5. The number of likely N-dealkylation sites (tertiary alicyclic amines) is 1. The maximum atomic E-state index is 14.8. The molecule has 18 heteroatoms. The van der Waals surface area contributed by atoms with Gasteiger partial charge in [-0.25, -0.2) is 0 Å². The Morgan fingerprint density at radius 1 is 0.808 bits per heavy atom. The van der Waals surface area contributed by atoms with Crippen LogP contribution in [0.1, 0.15) is 85.8 Å². The van der Waals surface area contributed by atoms with Crippen molar-refractivity contribution < 1.29 is 33.9 Å². The number of amides is 6. The molecule has 0 aliphatic carbocycles. The van der Waals surface area contributed by atoms with Gasteiger partial charge in [-0.1, -0.05) is 80.6 Å². The lowest BCUT2D eigenvalue weighted by molar-refractivity contribution is -0.141. The summed E-state index contributed by atoms with van der Waals surface area (Å²) in [6, 6.07) is 19.8. The first-order valence-electron chi connectivity index (χ1n) is 25.5. The first kappa shape index (κ1) is 55.3. The summed E-state index contributed by atoms with van der Waals surface area (Å²) < 4.78 is 0. The van der Waals surface area contributed by atoms with Crippen molar-refractivity contribution in [3.63, 3.8) is 0 Å². The van der Waals surface area contributed by atoms with Gasteiger partial charge in [0, 0.05) is 19.5 Å². The lowest BCUT2D eigenvalue weighted by Gasteiger charge is -2.32. The lowest BCUT2D eigenvalue weighted by Crippen LogP contribution is -2.58. The Labute approximate surface area is 428 Å². The van der Waals surface area contributed by atoms with Crippen molar-refractivity contribution in [2.75, 3.05) is 32.7 Å². The molecular weight excluding hydrogens is 927 g/mol. The van der Waals surface area contributed by atoms with Crippen LogP contribution >= 0.6 is 0 Å². The Morgan fingerprint density at radius 2 is 1.47 bits per heavy atom. The fourth-order valence-electron chi connectivity index (χ4n) is 10.1. The number of guanidine groups is 1. The van der Waals surface area contributed by atoms with Crippen LogP contribution in [0.25, 0.3) is 10.8 Å². The zero-order valence-corrected chi connectivity index (χ0v) is 42.7. The molecule has 4 aromatic rings. The number of carbonyl (C=O) groups is 6. The SMILES string of the molecule is Cc1cc(O)cc(C)c1C[C@H](N)C(=O)N[C@H](CCCN=C(N)N)C(=O)N[C@H]1Cc2c(ccc3ccccc23)CN(CC(=O)N[C@@H](CCCN2CCC(Cc3ccccc3)CC2)C(=O)N[C@H](C(N)=O)C(C)C)C1=O. The molecule has 0 radical (unpaired) electrons. The van der Waals surface area contributed by atoms with Crippen LogP contribution in [0.4, 0.5) is 0 Å². The van der Waals surface area contributed by atoms with Crippen LogP contribution in [-0.2, 0) is 54.6 Å². The summed E-state index contributed by atoms with van der Waals surface area (Å²) in [4.78, 5) is 91.4. The normalized spacial score (nSPS) is 16.9. The molecule has 1 fully saturated rings. The number of rotatable bonds is 23. The molecule has 1 saturated heterocycles. The third-order valence-corrected chi connectivity index (χ3v) is 14.2. The molecule has 18 nitrogen and oxygen atoms in total. The summed E-state index contributed by atoms with van der Waals surface area (Å²) >= 11 is 0. The number of hydrogen-bond acceptors (Lipinski definition) is 10. The highest BCUT2D eigenvalue weighted by molar-refractivity contribution is 5.97. The van der Waals surface area contributed by atoms with Crippen molar-refractivity contribution in [3.05, 3.63) is 112 Å². The summed E-state index contributed by atoms with van der Waals surface area (Å²) in [6.45, 7) is 9.44. The van der Waals surface area contributed by atoms with Crippen LogP contribution in [0.2, 0.25) is 0 Å². The number of piperidine rings is 1. The predicted octanol–water partition coefficient (Wildman–Crippen LogP) is 2.49. The Kier molecular flexibility index (Phi) is 19.7. The second-order valence-corrected chi connectivity index (χ2v) is 20.1. The molecule has 0 aromatic heterocycles. The van der Waals surface area contributed by atoms with E-state index >= 15 is 0 Å². The molecule has 6 amide bonds. The highest BCUT2D eigenvalue weighted by Gasteiger charge is 2.36. The summed E-state index contributed by atoms with van der Waals surface area (Å²) in [7, 11) is 0. The number of aliphatic imine (C=N–C) groups is 1. The molecule has 0 unspecified atom stereocenters. The molecule has 0 saturated carbocycles. The maximum absolute atomic E-state index is 14.8. The topological polar surface area (TPSA) is 294 Å². The van der Waals surface area contributed by atoms with E-state index in [2.05, 4.69) is 55.4 Å². The van der Waals surface area contributed by atoms with Crippen LogP contribution in [0, 0.1) is 25.7 Å². The number of primary amides is 1. The van der Waals surface area contributed by atoms with Gasteiger partial charge in [-0.05, 0) is 153 Å². The van der Waals surface area contributed by atoms with Crippen molar-refractivity contribution >= 4 is 52.2 Å². The van der Waals surface area contributed by atoms with E-state index in [1.54, 1.807) is 26.0 Å². The molecule has 13 N–H and O–H groups in total. The molecule has 0 bridgehead atoms. The monoisotopic (exact) mass is 1000 g/mol. The van der Waals surface area contributed by atoms with E-state index in [0.29, 0.717) is 25.3 Å². The zero-order valence-electron chi connectivity index (χ0n) is 42.7. The van der Waals surface area contributed by atoms with E-state index in [1.807, 2.05) is 56.3 Å². The van der Waals surface area contributed by atoms with Crippen molar-refractivity contribution in [2.45, 2.75) is 122 Å². The third-order valence-electron chi connectivity index (χ3n) is 14.2. The van der Waals surface area contributed by atoms with Gasteiger partial charge in [-0.2, -0.15) is 0 Å². The largest absolute Gasteiger partial charge is 0.508 e. The number of nitrogens with one attached hydrogen (secondary N) is 4. The number of fused-ring (bicyclic) bond motifs is 3. The highest BCUT2D eigenvalue weighted by Crippen LogP contribution is 2.29. The molecule has 5 atom stereocenters. The average Bonchev–Trinajstić information content (AvgIpc) is 3.47. The highest BCUT2D eigenvalue weighted by atomic mass is 16.3. The Hall–Kier alpha value is -7.05. The minimum Gasteiger partial charge on any atom is -0.508 e. The van der Waals surface area contributed by atoms with Gasteiger partial charge >= 0.3 is 0 Å². The quantitative estimate of drug-likeness (QED) is 0.0296. The number of carbonyl (C=O) groups excluding carboxylic acids is 6. The Bertz CT molecular complexity index is 2590. The van der Waals surface area contributed by atoms with Crippen LogP contribution in [0.3, 0.4) is 0 Å². The number of nitrogens with zero attached hydrogens (tertiary/aromatic N) is 3. The zero-order chi connectivity index (χ0) is 52.8. The fourth-order valence-corrected chi connectivity index (χ4v) is 10.1. The minimum atomic E-state index is -1.18. The second kappa shape index (κ2) is 26.1. The number of benzene rings is 4.